The second-order valence-corrected chi connectivity index (χ2v) is 6.39. The Hall–Kier alpha value is -0.850. The quantitative estimate of drug-likeness (QED) is 0.859. The van der Waals surface area contributed by atoms with Crippen molar-refractivity contribution in [3.8, 4) is 0 Å². The SMILES string of the molecule is Cl.O=C(CN1CCN(C2CCNC2)CC1)Nc1ccccc1Cl. The van der Waals surface area contributed by atoms with E-state index in [1.54, 1.807) is 6.07 Å². The fourth-order valence-corrected chi connectivity index (χ4v) is 3.38. The molecule has 1 aromatic carbocycles. The highest BCUT2D eigenvalue weighted by atomic mass is 35.5. The van der Waals surface area contributed by atoms with Crippen LogP contribution in [-0.4, -0.2) is 67.6 Å². The molecule has 0 spiro atoms. The number of piperazine rings is 1. The molecule has 7 heteroatoms. The van der Waals surface area contributed by atoms with Crippen molar-refractivity contribution >= 4 is 35.6 Å². The summed E-state index contributed by atoms with van der Waals surface area (Å²) >= 11 is 6.06. The van der Waals surface area contributed by atoms with Gasteiger partial charge in [-0.2, -0.15) is 0 Å². The minimum absolute atomic E-state index is 0. The van der Waals surface area contributed by atoms with E-state index in [2.05, 4.69) is 20.4 Å². The van der Waals surface area contributed by atoms with E-state index in [0.717, 1.165) is 39.3 Å². The van der Waals surface area contributed by atoms with Crippen molar-refractivity contribution in [2.75, 3.05) is 51.1 Å². The van der Waals surface area contributed by atoms with Gasteiger partial charge < -0.3 is 10.6 Å². The summed E-state index contributed by atoms with van der Waals surface area (Å²) in [5.41, 5.74) is 0.685. The third kappa shape index (κ3) is 5.06. The number of para-hydroxylation sites is 1. The molecule has 5 nitrogen and oxygen atoms in total. The number of anilines is 1. The van der Waals surface area contributed by atoms with Gasteiger partial charge in [-0.15, -0.1) is 12.4 Å². The lowest BCUT2D eigenvalue weighted by molar-refractivity contribution is -0.117. The van der Waals surface area contributed by atoms with Crippen LogP contribution in [0.25, 0.3) is 0 Å². The maximum atomic E-state index is 12.1. The molecule has 2 saturated heterocycles. The highest BCUT2D eigenvalue weighted by Gasteiger charge is 2.26. The molecule has 23 heavy (non-hydrogen) atoms. The largest absolute Gasteiger partial charge is 0.324 e. The summed E-state index contributed by atoms with van der Waals surface area (Å²) < 4.78 is 0. The van der Waals surface area contributed by atoms with Gasteiger partial charge in [0.1, 0.15) is 0 Å². The molecule has 0 aliphatic carbocycles. The zero-order chi connectivity index (χ0) is 15.4. The average molecular weight is 359 g/mol. The molecule has 2 aliphatic heterocycles. The number of rotatable bonds is 4. The summed E-state index contributed by atoms with van der Waals surface area (Å²) in [4.78, 5) is 16.9. The second kappa shape index (κ2) is 8.85. The molecule has 1 atom stereocenters. The number of carbonyl (C=O) groups is 1. The first-order chi connectivity index (χ1) is 10.7. The third-order valence-electron chi connectivity index (χ3n) is 4.47. The van der Waals surface area contributed by atoms with E-state index >= 15 is 0 Å². The fraction of sp³-hybridized carbons (Fsp3) is 0.562. The van der Waals surface area contributed by atoms with Gasteiger partial charge in [0.25, 0.3) is 0 Å². The molecule has 1 aromatic rings. The Labute approximate surface area is 148 Å². The number of benzene rings is 1. The van der Waals surface area contributed by atoms with Gasteiger partial charge in [0, 0.05) is 38.8 Å². The normalized spacial score (nSPS) is 22.6. The smallest absolute Gasteiger partial charge is 0.238 e. The lowest BCUT2D eigenvalue weighted by atomic mass is 10.2. The predicted molar refractivity (Wildman–Crippen MR) is 96.6 cm³/mol. The molecule has 0 radical (unpaired) electrons. The minimum atomic E-state index is 0. The zero-order valence-electron chi connectivity index (χ0n) is 13.1. The van der Waals surface area contributed by atoms with E-state index in [-0.39, 0.29) is 18.3 Å². The Morgan fingerprint density at radius 1 is 1.26 bits per heavy atom. The van der Waals surface area contributed by atoms with E-state index < -0.39 is 0 Å². The molecule has 1 amide bonds. The van der Waals surface area contributed by atoms with Gasteiger partial charge >= 0.3 is 0 Å². The van der Waals surface area contributed by atoms with Crippen molar-refractivity contribution in [2.24, 2.45) is 0 Å². The van der Waals surface area contributed by atoms with E-state index in [4.69, 9.17) is 11.6 Å². The van der Waals surface area contributed by atoms with Gasteiger partial charge in [-0.25, -0.2) is 0 Å². The first-order valence-electron chi connectivity index (χ1n) is 7.94. The molecule has 0 saturated carbocycles. The Morgan fingerprint density at radius 2 is 2.00 bits per heavy atom. The monoisotopic (exact) mass is 358 g/mol. The highest BCUT2D eigenvalue weighted by Crippen LogP contribution is 2.20. The summed E-state index contributed by atoms with van der Waals surface area (Å²) in [5, 5.41) is 6.88. The van der Waals surface area contributed by atoms with Crippen LogP contribution >= 0.6 is 24.0 Å². The standard InChI is InChI=1S/C16H23ClN4O.ClH/c17-14-3-1-2-4-15(14)19-16(22)12-20-7-9-21(10-8-20)13-5-6-18-11-13;/h1-4,13,18H,5-12H2,(H,19,22);1H. The first kappa shape index (κ1) is 18.5. The van der Waals surface area contributed by atoms with Crippen LogP contribution in [0.3, 0.4) is 0 Å². The van der Waals surface area contributed by atoms with Gasteiger partial charge in [0.05, 0.1) is 17.3 Å². The van der Waals surface area contributed by atoms with Crippen molar-refractivity contribution in [3.05, 3.63) is 29.3 Å². The number of hydrogen-bond acceptors (Lipinski definition) is 4. The Kier molecular flexibility index (Phi) is 7.11. The van der Waals surface area contributed by atoms with E-state index in [9.17, 15) is 4.79 Å². The first-order valence-corrected chi connectivity index (χ1v) is 8.31. The van der Waals surface area contributed by atoms with Gasteiger partial charge in [-0.3, -0.25) is 14.6 Å². The molecular formula is C16H24Cl2N4O. The molecule has 2 aliphatic rings. The van der Waals surface area contributed by atoms with Crippen molar-refractivity contribution in [1.82, 2.24) is 15.1 Å². The van der Waals surface area contributed by atoms with Crippen LogP contribution < -0.4 is 10.6 Å². The summed E-state index contributed by atoms with van der Waals surface area (Å²) in [5.74, 6) is 0.00378. The molecular weight excluding hydrogens is 335 g/mol. The summed E-state index contributed by atoms with van der Waals surface area (Å²) in [7, 11) is 0. The highest BCUT2D eigenvalue weighted by molar-refractivity contribution is 6.33. The fourth-order valence-electron chi connectivity index (χ4n) is 3.19. The Morgan fingerprint density at radius 3 is 2.65 bits per heavy atom. The van der Waals surface area contributed by atoms with Crippen molar-refractivity contribution < 1.29 is 4.79 Å². The van der Waals surface area contributed by atoms with Crippen LogP contribution in [-0.2, 0) is 4.79 Å². The number of carbonyl (C=O) groups excluding carboxylic acids is 1. The third-order valence-corrected chi connectivity index (χ3v) is 4.80. The maximum Gasteiger partial charge on any atom is 0.238 e. The van der Waals surface area contributed by atoms with Crippen LogP contribution in [0.4, 0.5) is 5.69 Å². The number of nitrogens with zero attached hydrogens (tertiary/aromatic N) is 2. The van der Waals surface area contributed by atoms with Gasteiger partial charge in [0.2, 0.25) is 5.91 Å². The lowest BCUT2D eigenvalue weighted by Gasteiger charge is -2.37. The summed E-state index contributed by atoms with van der Waals surface area (Å²) in [6.07, 6.45) is 1.24. The lowest BCUT2D eigenvalue weighted by Crippen LogP contribution is -2.52. The maximum absolute atomic E-state index is 12.1. The molecule has 128 valence electrons. The van der Waals surface area contributed by atoms with Crippen LogP contribution in [0.5, 0.6) is 0 Å². The van der Waals surface area contributed by atoms with E-state index in [1.165, 1.54) is 6.42 Å². The number of halogens is 2. The number of amides is 1. The zero-order valence-corrected chi connectivity index (χ0v) is 14.7. The number of nitrogens with one attached hydrogen (secondary N) is 2. The van der Waals surface area contributed by atoms with Gasteiger partial charge in [0.15, 0.2) is 0 Å². The van der Waals surface area contributed by atoms with Crippen LogP contribution in [0.1, 0.15) is 6.42 Å². The van der Waals surface area contributed by atoms with Crippen molar-refractivity contribution in [3.63, 3.8) is 0 Å². The molecule has 3 rings (SSSR count). The molecule has 1 unspecified atom stereocenters. The molecule has 2 fully saturated rings. The van der Waals surface area contributed by atoms with E-state index in [0.29, 0.717) is 23.3 Å². The Bertz CT molecular complexity index is 515. The van der Waals surface area contributed by atoms with Crippen LogP contribution in [0, 0.1) is 0 Å². The van der Waals surface area contributed by atoms with E-state index in [1.807, 2.05) is 18.2 Å². The van der Waals surface area contributed by atoms with Crippen LogP contribution in [0.15, 0.2) is 24.3 Å². The second-order valence-electron chi connectivity index (χ2n) is 5.99. The molecule has 2 N–H and O–H groups in total. The van der Waals surface area contributed by atoms with Gasteiger partial charge in [-0.05, 0) is 25.1 Å². The van der Waals surface area contributed by atoms with Gasteiger partial charge in [-0.1, -0.05) is 23.7 Å². The van der Waals surface area contributed by atoms with Crippen molar-refractivity contribution in [2.45, 2.75) is 12.5 Å². The van der Waals surface area contributed by atoms with Crippen LogP contribution in [0.2, 0.25) is 5.02 Å². The predicted octanol–water partition coefficient (Wildman–Crippen LogP) is 1.68. The number of hydrogen-bond donors (Lipinski definition) is 2. The summed E-state index contributed by atoms with van der Waals surface area (Å²) in [6.45, 7) is 6.66. The Balaban J connectivity index is 0.00000192. The average Bonchev–Trinajstić information content (AvgIpc) is 3.05. The topological polar surface area (TPSA) is 47.6 Å². The molecule has 0 aromatic heterocycles. The van der Waals surface area contributed by atoms with Crippen molar-refractivity contribution in [1.29, 1.82) is 0 Å². The summed E-state index contributed by atoms with van der Waals surface area (Å²) in [6, 6.07) is 8.01. The minimum Gasteiger partial charge on any atom is -0.324 e. The molecule has 2 heterocycles. The molecule has 0 bridgehead atoms.